The number of hydrogen-bond donors (Lipinski definition) is 2. The summed E-state index contributed by atoms with van der Waals surface area (Å²) in [7, 11) is 0. The molecule has 0 fully saturated rings. The number of benzene rings is 1. The molecule has 0 aliphatic carbocycles. The number of aryl methyl sites for hydroxylation is 1. The Morgan fingerprint density at radius 3 is 2.89 bits per heavy atom. The van der Waals surface area contributed by atoms with Crippen molar-refractivity contribution in [3.05, 3.63) is 52.9 Å². The van der Waals surface area contributed by atoms with Crippen LogP contribution in [0.15, 0.2) is 41.0 Å². The average Bonchev–Trinajstić information content (AvgIpc) is 2.86. The fraction of sp³-hybridized carbons (Fsp3) is 0.286. The van der Waals surface area contributed by atoms with Gasteiger partial charge in [-0.25, -0.2) is 0 Å². The van der Waals surface area contributed by atoms with Crippen LogP contribution in [-0.4, -0.2) is 13.1 Å². The van der Waals surface area contributed by atoms with Gasteiger partial charge in [0.15, 0.2) is 0 Å². The smallest absolute Gasteiger partial charge is 0.117 e. The van der Waals surface area contributed by atoms with E-state index in [0.717, 1.165) is 36.1 Å². The molecule has 0 unspecified atom stereocenters. The quantitative estimate of drug-likeness (QED) is 0.785. The maximum absolute atomic E-state index is 5.96. The van der Waals surface area contributed by atoms with E-state index >= 15 is 0 Å². The van der Waals surface area contributed by atoms with E-state index in [1.165, 1.54) is 5.56 Å². The molecule has 1 heterocycles. The lowest BCUT2D eigenvalue weighted by Crippen LogP contribution is -2.21. The highest BCUT2D eigenvalue weighted by Crippen LogP contribution is 2.19. The Labute approximate surface area is 112 Å². The van der Waals surface area contributed by atoms with Crippen molar-refractivity contribution in [1.82, 2.24) is 5.32 Å². The lowest BCUT2D eigenvalue weighted by atomic mass is 10.2. The Bertz CT molecular complexity index is 483. The third-order valence-corrected chi connectivity index (χ3v) is 2.93. The Morgan fingerprint density at radius 1 is 1.22 bits per heavy atom. The fourth-order valence-corrected chi connectivity index (χ4v) is 1.87. The van der Waals surface area contributed by atoms with E-state index in [1.54, 1.807) is 6.26 Å². The topological polar surface area (TPSA) is 37.2 Å². The number of rotatable bonds is 6. The predicted octanol–water partition coefficient (Wildman–Crippen LogP) is 3.44. The van der Waals surface area contributed by atoms with Crippen molar-refractivity contribution in [3.8, 4) is 0 Å². The molecule has 3 nitrogen and oxygen atoms in total. The van der Waals surface area contributed by atoms with Crippen LogP contribution in [0.5, 0.6) is 0 Å². The fourth-order valence-electron chi connectivity index (χ4n) is 1.69. The second-order valence-electron chi connectivity index (χ2n) is 4.14. The Balaban J connectivity index is 1.70. The van der Waals surface area contributed by atoms with Gasteiger partial charge in [0.05, 0.1) is 12.8 Å². The van der Waals surface area contributed by atoms with Gasteiger partial charge in [0.2, 0.25) is 0 Å². The third-order valence-electron chi connectivity index (χ3n) is 2.70. The van der Waals surface area contributed by atoms with Gasteiger partial charge >= 0.3 is 0 Å². The summed E-state index contributed by atoms with van der Waals surface area (Å²) < 4.78 is 5.23. The van der Waals surface area contributed by atoms with Crippen molar-refractivity contribution in [2.45, 2.75) is 13.5 Å². The minimum Gasteiger partial charge on any atom is -0.468 e. The summed E-state index contributed by atoms with van der Waals surface area (Å²) in [5.41, 5.74) is 2.28. The molecule has 1 aromatic heterocycles. The van der Waals surface area contributed by atoms with Gasteiger partial charge < -0.3 is 15.1 Å². The van der Waals surface area contributed by atoms with Crippen LogP contribution >= 0.6 is 11.6 Å². The molecule has 0 aliphatic rings. The molecule has 0 saturated heterocycles. The van der Waals surface area contributed by atoms with Gasteiger partial charge in [-0.1, -0.05) is 17.7 Å². The van der Waals surface area contributed by atoms with Crippen LogP contribution in [0.1, 0.15) is 11.3 Å². The van der Waals surface area contributed by atoms with Crippen LogP contribution in [0.4, 0.5) is 5.69 Å². The zero-order valence-corrected chi connectivity index (χ0v) is 11.1. The molecule has 2 aromatic rings. The van der Waals surface area contributed by atoms with Crippen molar-refractivity contribution in [3.63, 3.8) is 0 Å². The highest BCUT2D eigenvalue weighted by molar-refractivity contribution is 6.30. The Hall–Kier alpha value is -1.45. The summed E-state index contributed by atoms with van der Waals surface area (Å²) in [6, 6.07) is 9.72. The number of hydrogen-bond acceptors (Lipinski definition) is 3. The molecule has 0 bridgehead atoms. The summed E-state index contributed by atoms with van der Waals surface area (Å²) >= 11 is 5.96. The van der Waals surface area contributed by atoms with Crippen molar-refractivity contribution in [2.24, 2.45) is 0 Å². The number of anilines is 1. The van der Waals surface area contributed by atoms with Gasteiger partial charge in [0.1, 0.15) is 5.76 Å². The molecule has 0 spiro atoms. The first-order valence-electron chi connectivity index (χ1n) is 5.99. The van der Waals surface area contributed by atoms with E-state index in [9.17, 15) is 0 Å². The lowest BCUT2D eigenvalue weighted by molar-refractivity contribution is 0.486. The average molecular weight is 265 g/mol. The SMILES string of the molecule is Cc1ccc(Cl)cc1NCCNCc1ccco1. The maximum Gasteiger partial charge on any atom is 0.117 e. The van der Waals surface area contributed by atoms with E-state index in [-0.39, 0.29) is 0 Å². The van der Waals surface area contributed by atoms with E-state index in [4.69, 9.17) is 16.0 Å². The molecule has 18 heavy (non-hydrogen) atoms. The van der Waals surface area contributed by atoms with Crippen molar-refractivity contribution >= 4 is 17.3 Å². The van der Waals surface area contributed by atoms with Gasteiger partial charge in [0.25, 0.3) is 0 Å². The standard InChI is InChI=1S/C14H17ClN2O/c1-11-4-5-12(15)9-14(11)17-7-6-16-10-13-3-2-8-18-13/h2-5,8-9,16-17H,6-7,10H2,1H3. The van der Waals surface area contributed by atoms with Crippen molar-refractivity contribution in [2.75, 3.05) is 18.4 Å². The van der Waals surface area contributed by atoms with Crippen LogP contribution in [-0.2, 0) is 6.54 Å². The Morgan fingerprint density at radius 2 is 2.11 bits per heavy atom. The molecule has 2 N–H and O–H groups in total. The summed E-state index contributed by atoms with van der Waals surface area (Å²) in [4.78, 5) is 0. The van der Waals surface area contributed by atoms with Crippen LogP contribution in [0.3, 0.4) is 0 Å². The summed E-state index contributed by atoms with van der Waals surface area (Å²) in [6.07, 6.45) is 1.69. The monoisotopic (exact) mass is 264 g/mol. The number of nitrogens with one attached hydrogen (secondary N) is 2. The molecule has 1 aromatic carbocycles. The van der Waals surface area contributed by atoms with Crippen LogP contribution in [0.25, 0.3) is 0 Å². The second-order valence-corrected chi connectivity index (χ2v) is 4.58. The van der Waals surface area contributed by atoms with E-state index in [0.29, 0.717) is 0 Å². The highest BCUT2D eigenvalue weighted by Gasteiger charge is 1.98. The van der Waals surface area contributed by atoms with Gasteiger partial charge in [-0.2, -0.15) is 0 Å². The van der Waals surface area contributed by atoms with Gasteiger partial charge in [-0.15, -0.1) is 0 Å². The minimum absolute atomic E-state index is 0.753. The first kappa shape index (κ1) is 13.0. The van der Waals surface area contributed by atoms with Crippen LogP contribution < -0.4 is 10.6 Å². The minimum atomic E-state index is 0.753. The van der Waals surface area contributed by atoms with Crippen LogP contribution in [0, 0.1) is 6.92 Å². The molecular formula is C14H17ClN2O. The number of halogens is 1. The molecule has 0 amide bonds. The largest absolute Gasteiger partial charge is 0.468 e. The van der Waals surface area contributed by atoms with E-state index < -0.39 is 0 Å². The first-order chi connectivity index (χ1) is 8.75. The summed E-state index contributed by atoms with van der Waals surface area (Å²) in [6.45, 7) is 4.53. The zero-order chi connectivity index (χ0) is 12.8. The molecular weight excluding hydrogens is 248 g/mol. The Kier molecular flexibility index (Phi) is 4.67. The zero-order valence-electron chi connectivity index (χ0n) is 10.4. The van der Waals surface area contributed by atoms with Crippen LogP contribution in [0.2, 0.25) is 5.02 Å². The molecule has 2 rings (SSSR count). The number of furan rings is 1. The lowest BCUT2D eigenvalue weighted by Gasteiger charge is -2.10. The predicted molar refractivity (Wildman–Crippen MR) is 75.1 cm³/mol. The van der Waals surface area contributed by atoms with E-state index in [1.807, 2.05) is 30.3 Å². The third kappa shape index (κ3) is 3.79. The molecule has 0 atom stereocenters. The summed E-state index contributed by atoms with van der Waals surface area (Å²) in [5.74, 6) is 0.953. The molecule has 0 aliphatic heterocycles. The normalized spacial score (nSPS) is 10.6. The highest BCUT2D eigenvalue weighted by atomic mass is 35.5. The van der Waals surface area contributed by atoms with Gasteiger partial charge in [-0.3, -0.25) is 0 Å². The molecule has 0 radical (unpaired) electrons. The molecule has 0 saturated carbocycles. The molecule has 4 heteroatoms. The maximum atomic E-state index is 5.96. The second kappa shape index (κ2) is 6.47. The first-order valence-corrected chi connectivity index (χ1v) is 6.36. The van der Waals surface area contributed by atoms with Crippen molar-refractivity contribution in [1.29, 1.82) is 0 Å². The van der Waals surface area contributed by atoms with Gasteiger partial charge in [-0.05, 0) is 36.8 Å². The summed E-state index contributed by atoms with van der Waals surface area (Å²) in [5, 5.41) is 7.42. The van der Waals surface area contributed by atoms with E-state index in [2.05, 4.69) is 17.6 Å². The van der Waals surface area contributed by atoms with Crippen molar-refractivity contribution < 1.29 is 4.42 Å². The van der Waals surface area contributed by atoms with Gasteiger partial charge in [0, 0.05) is 23.8 Å². The molecule has 96 valence electrons.